The SMILES string of the molecule is O=C1C=CC(=NS(=O)(=O)c2cc([N+](=O)[O-])ccc2Cl)C=C1. The molecule has 0 heterocycles. The quantitative estimate of drug-likeness (QED) is 0.480. The van der Waals surface area contributed by atoms with Crippen molar-refractivity contribution < 1.29 is 18.1 Å². The first-order chi connectivity index (χ1) is 9.79. The normalized spacial score (nSPS) is 14.3. The molecule has 0 spiro atoms. The van der Waals surface area contributed by atoms with Crippen LogP contribution in [0.15, 0.2) is 51.8 Å². The molecule has 108 valence electrons. The summed E-state index contributed by atoms with van der Waals surface area (Å²) < 4.78 is 27.8. The second-order valence-corrected chi connectivity index (χ2v) is 5.91. The number of carbonyl (C=O) groups is 1. The Bertz CT molecular complexity index is 806. The van der Waals surface area contributed by atoms with Crippen LogP contribution in [0.2, 0.25) is 5.02 Å². The van der Waals surface area contributed by atoms with Crippen LogP contribution >= 0.6 is 11.6 Å². The third-order valence-corrected chi connectivity index (χ3v) is 4.25. The maximum Gasteiger partial charge on any atom is 0.284 e. The van der Waals surface area contributed by atoms with Gasteiger partial charge in [0.05, 0.1) is 15.7 Å². The minimum atomic E-state index is -4.23. The number of hydrogen-bond acceptors (Lipinski definition) is 5. The molecule has 7 nitrogen and oxygen atoms in total. The van der Waals surface area contributed by atoms with E-state index >= 15 is 0 Å². The molecule has 1 aliphatic rings. The van der Waals surface area contributed by atoms with Crippen molar-refractivity contribution in [2.45, 2.75) is 4.90 Å². The number of halogens is 1. The Morgan fingerprint density at radius 2 is 1.76 bits per heavy atom. The van der Waals surface area contributed by atoms with Crippen molar-refractivity contribution in [1.29, 1.82) is 0 Å². The van der Waals surface area contributed by atoms with E-state index in [1.54, 1.807) is 0 Å². The van der Waals surface area contributed by atoms with Gasteiger partial charge in [0.15, 0.2) is 5.78 Å². The van der Waals surface area contributed by atoms with Gasteiger partial charge in [-0.25, -0.2) is 0 Å². The molecule has 1 aromatic carbocycles. The highest BCUT2D eigenvalue weighted by Crippen LogP contribution is 2.27. The van der Waals surface area contributed by atoms with Crippen molar-refractivity contribution in [2.24, 2.45) is 4.40 Å². The molecule has 0 N–H and O–H groups in total. The Balaban J connectivity index is 2.50. The summed E-state index contributed by atoms with van der Waals surface area (Å²) in [7, 11) is -4.23. The molecule has 9 heteroatoms. The minimum absolute atomic E-state index is 0.0252. The topological polar surface area (TPSA) is 107 Å². The lowest BCUT2D eigenvalue weighted by Crippen LogP contribution is -2.05. The Morgan fingerprint density at radius 1 is 1.14 bits per heavy atom. The molecule has 0 radical (unpaired) electrons. The summed E-state index contributed by atoms with van der Waals surface area (Å²) in [5.41, 5.74) is -0.389. The number of nitro benzene ring substituents is 1. The molecule has 0 fully saturated rings. The maximum absolute atomic E-state index is 12.1. The van der Waals surface area contributed by atoms with E-state index in [2.05, 4.69) is 4.40 Å². The first-order valence-electron chi connectivity index (χ1n) is 5.48. The average molecular weight is 327 g/mol. The van der Waals surface area contributed by atoms with E-state index in [1.807, 2.05) is 0 Å². The number of benzene rings is 1. The number of rotatable bonds is 3. The van der Waals surface area contributed by atoms with E-state index in [9.17, 15) is 23.3 Å². The molecule has 0 bridgehead atoms. The first kappa shape index (κ1) is 15.1. The van der Waals surface area contributed by atoms with Crippen LogP contribution in [0.1, 0.15) is 0 Å². The van der Waals surface area contributed by atoms with E-state index in [0.29, 0.717) is 0 Å². The van der Waals surface area contributed by atoms with Gasteiger partial charge in [-0.05, 0) is 30.4 Å². The van der Waals surface area contributed by atoms with Gasteiger partial charge >= 0.3 is 0 Å². The van der Waals surface area contributed by atoms with E-state index < -0.39 is 25.5 Å². The van der Waals surface area contributed by atoms with Crippen LogP contribution in [0.4, 0.5) is 5.69 Å². The lowest BCUT2D eigenvalue weighted by Gasteiger charge is -2.04. The Hall–Kier alpha value is -2.32. The van der Waals surface area contributed by atoms with Crippen molar-refractivity contribution in [3.8, 4) is 0 Å². The van der Waals surface area contributed by atoms with Gasteiger partial charge < -0.3 is 0 Å². The summed E-state index contributed by atoms with van der Waals surface area (Å²) in [6.07, 6.45) is 4.77. The summed E-state index contributed by atoms with van der Waals surface area (Å²) in [5.74, 6) is -0.292. The van der Waals surface area contributed by atoms with E-state index in [-0.39, 0.29) is 16.5 Å². The lowest BCUT2D eigenvalue weighted by atomic mass is 10.2. The van der Waals surface area contributed by atoms with E-state index in [4.69, 9.17) is 11.6 Å². The number of nitrogens with zero attached hydrogens (tertiary/aromatic N) is 2. The van der Waals surface area contributed by atoms with Crippen LogP contribution in [0.25, 0.3) is 0 Å². The lowest BCUT2D eigenvalue weighted by molar-refractivity contribution is -0.385. The highest BCUT2D eigenvalue weighted by molar-refractivity contribution is 7.90. The standard InChI is InChI=1S/C12H7ClN2O5S/c13-11-6-3-9(15(17)18)7-12(11)21(19,20)14-8-1-4-10(16)5-2-8/h1-7H. The van der Waals surface area contributed by atoms with Gasteiger partial charge in [-0.15, -0.1) is 0 Å². The van der Waals surface area contributed by atoms with E-state index in [0.717, 1.165) is 30.4 Å². The summed E-state index contributed by atoms with van der Waals surface area (Å²) >= 11 is 5.77. The molecule has 0 aromatic heterocycles. The van der Waals surface area contributed by atoms with Gasteiger partial charge in [0.25, 0.3) is 15.7 Å². The van der Waals surface area contributed by atoms with Crippen molar-refractivity contribution in [1.82, 2.24) is 0 Å². The molecule has 21 heavy (non-hydrogen) atoms. The van der Waals surface area contributed by atoms with Gasteiger partial charge in [-0.3, -0.25) is 14.9 Å². The maximum atomic E-state index is 12.1. The molecular weight excluding hydrogens is 320 g/mol. The monoisotopic (exact) mass is 326 g/mol. The minimum Gasteiger partial charge on any atom is -0.290 e. The predicted molar refractivity (Wildman–Crippen MR) is 76.0 cm³/mol. The number of sulfonamides is 1. The Kier molecular flexibility index (Phi) is 4.01. The van der Waals surface area contributed by atoms with Crippen LogP contribution in [0.5, 0.6) is 0 Å². The van der Waals surface area contributed by atoms with Crippen molar-refractivity contribution in [3.05, 3.63) is 57.6 Å². The Morgan fingerprint density at radius 3 is 2.33 bits per heavy atom. The zero-order valence-corrected chi connectivity index (χ0v) is 11.8. The van der Waals surface area contributed by atoms with Gasteiger partial charge in [-0.2, -0.15) is 12.8 Å². The molecule has 0 amide bonds. The number of non-ortho nitro benzene ring substituents is 1. The van der Waals surface area contributed by atoms with Crippen molar-refractivity contribution in [2.75, 3.05) is 0 Å². The van der Waals surface area contributed by atoms with Crippen molar-refractivity contribution in [3.63, 3.8) is 0 Å². The van der Waals surface area contributed by atoms with Crippen LogP contribution in [-0.4, -0.2) is 24.8 Å². The predicted octanol–water partition coefficient (Wildman–Crippen LogP) is 2.07. The average Bonchev–Trinajstić information content (AvgIpc) is 2.41. The molecule has 0 unspecified atom stereocenters. The summed E-state index contributed by atoms with van der Waals surface area (Å²) in [5, 5.41) is 10.5. The molecule has 1 aliphatic carbocycles. The first-order valence-corrected chi connectivity index (χ1v) is 7.30. The van der Waals surface area contributed by atoms with Crippen LogP contribution in [-0.2, 0) is 14.8 Å². The number of ketones is 1. The van der Waals surface area contributed by atoms with Crippen LogP contribution in [0.3, 0.4) is 0 Å². The van der Waals surface area contributed by atoms with Gasteiger partial charge in [-0.1, -0.05) is 11.6 Å². The molecule has 0 saturated heterocycles. The fourth-order valence-electron chi connectivity index (χ4n) is 1.50. The highest BCUT2D eigenvalue weighted by atomic mass is 35.5. The number of hydrogen-bond donors (Lipinski definition) is 0. The second kappa shape index (κ2) is 5.58. The zero-order valence-electron chi connectivity index (χ0n) is 10.3. The number of allylic oxidation sites excluding steroid dienone is 4. The third-order valence-electron chi connectivity index (χ3n) is 2.47. The molecule has 1 aromatic rings. The van der Waals surface area contributed by atoms with E-state index in [1.165, 1.54) is 12.2 Å². The largest absolute Gasteiger partial charge is 0.290 e. The molecule has 0 saturated carbocycles. The summed E-state index contributed by atoms with van der Waals surface area (Å²) in [6.45, 7) is 0. The molecule has 2 rings (SSSR count). The summed E-state index contributed by atoms with van der Waals surface area (Å²) in [4.78, 5) is 20.4. The molecule has 0 aliphatic heterocycles. The fraction of sp³-hybridized carbons (Fsp3) is 0. The molecule has 0 atom stereocenters. The van der Waals surface area contributed by atoms with Crippen LogP contribution in [0, 0.1) is 10.1 Å². The fourth-order valence-corrected chi connectivity index (χ4v) is 2.99. The third kappa shape index (κ3) is 3.41. The Labute approximate surface area is 124 Å². The van der Waals surface area contributed by atoms with Gasteiger partial charge in [0.2, 0.25) is 0 Å². The highest BCUT2D eigenvalue weighted by Gasteiger charge is 2.21. The number of nitro groups is 1. The van der Waals surface area contributed by atoms with Gasteiger partial charge in [0, 0.05) is 12.1 Å². The van der Waals surface area contributed by atoms with Crippen LogP contribution < -0.4 is 0 Å². The second-order valence-electron chi connectivity index (χ2n) is 3.93. The summed E-state index contributed by atoms with van der Waals surface area (Å²) in [6, 6.07) is 3.04. The van der Waals surface area contributed by atoms with Crippen molar-refractivity contribution >= 4 is 38.8 Å². The smallest absolute Gasteiger partial charge is 0.284 e. The molecular formula is C12H7ClN2O5S. The number of carbonyl (C=O) groups excluding carboxylic acids is 1. The van der Waals surface area contributed by atoms with Gasteiger partial charge in [0.1, 0.15) is 4.90 Å². The zero-order chi connectivity index (χ0) is 15.6.